The van der Waals surface area contributed by atoms with Gasteiger partial charge in [-0.05, 0) is 86.9 Å². The van der Waals surface area contributed by atoms with Gasteiger partial charge in [-0.15, -0.1) is 0 Å². The van der Waals surface area contributed by atoms with Crippen molar-refractivity contribution in [2.45, 2.75) is 19.4 Å². The average molecular weight is 448 g/mol. The Kier molecular flexibility index (Phi) is 5.99. The van der Waals surface area contributed by atoms with Gasteiger partial charge in [-0.25, -0.2) is 4.39 Å². The number of nitrogens with one attached hydrogen (secondary N) is 1. The molecule has 0 aromatic heterocycles. The third kappa shape index (κ3) is 4.27. The molecule has 0 aliphatic heterocycles. The van der Waals surface area contributed by atoms with Crippen LogP contribution in [0.1, 0.15) is 24.1 Å². The first-order valence-corrected chi connectivity index (χ1v) is 8.40. The molecular weight excluding hydrogens is 432 g/mol. The Morgan fingerprint density at radius 1 is 1.25 bits per heavy atom. The van der Waals surface area contributed by atoms with Gasteiger partial charge in [0.25, 0.3) is 0 Å². The lowest BCUT2D eigenvalue weighted by Gasteiger charge is -2.19. The summed E-state index contributed by atoms with van der Waals surface area (Å²) in [5.41, 5.74) is 2.38. The van der Waals surface area contributed by atoms with Crippen LogP contribution in [0.25, 0.3) is 0 Å². The van der Waals surface area contributed by atoms with E-state index in [2.05, 4.69) is 75.0 Å². The van der Waals surface area contributed by atoms with Gasteiger partial charge in [0.2, 0.25) is 0 Å². The Balaban J connectivity index is 2.22. The Labute approximate surface area is 141 Å². The van der Waals surface area contributed by atoms with E-state index in [1.807, 2.05) is 12.1 Å². The minimum Gasteiger partial charge on any atom is -0.310 e. The number of likely N-dealkylation sites (N-methyl/N-ethyl adjacent to an activating group) is 1. The fourth-order valence-corrected chi connectivity index (χ4v) is 3.17. The number of hydrogen-bond donors (Lipinski definition) is 1. The van der Waals surface area contributed by atoms with E-state index in [1.54, 1.807) is 0 Å². The molecule has 0 radical (unpaired) electrons. The summed E-state index contributed by atoms with van der Waals surface area (Å²) in [4.78, 5) is 0. The van der Waals surface area contributed by atoms with E-state index in [4.69, 9.17) is 0 Å². The highest BCUT2D eigenvalue weighted by Gasteiger charge is 2.12. The summed E-state index contributed by atoms with van der Waals surface area (Å²) in [5, 5.41) is 3.50. The molecule has 2 aromatic rings. The van der Waals surface area contributed by atoms with Crippen molar-refractivity contribution in [2.75, 3.05) is 6.54 Å². The van der Waals surface area contributed by atoms with Gasteiger partial charge in [0.05, 0.1) is 4.47 Å². The molecule has 2 rings (SSSR count). The SMILES string of the molecule is CCNC(Cc1ccc(F)c(Br)c1)c1cccc(I)c1. The molecule has 0 amide bonds. The zero-order chi connectivity index (χ0) is 14.5. The van der Waals surface area contributed by atoms with Gasteiger partial charge in [0, 0.05) is 9.61 Å². The van der Waals surface area contributed by atoms with Gasteiger partial charge >= 0.3 is 0 Å². The number of hydrogen-bond acceptors (Lipinski definition) is 1. The van der Waals surface area contributed by atoms with E-state index >= 15 is 0 Å². The monoisotopic (exact) mass is 447 g/mol. The predicted molar refractivity (Wildman–Crippen MR) is 93.4 cm³/mol. The zero-order valence-electron chi connectivity index (χ0n) is 11.2. The molecule has 0 fully saturated rings. The van der Waals surface area contributed by atoms with Crippen LogP contribution in [-0.2, 0) is 6.42 Å². The van der Waals surface area contributed by atoms with Gasteiger partial charge < -0.3 is 5.32 Å². The molecular formula is C16H16BrFIN. The third-order valence-electron chi connectivity index (χ3n) is 3.13. The average Bonchev–Trinajstić information content (AvgIpc) is 2.42. The van der Waals surface area contributed by atoms with Crippen LogP contribution in [0.15, 0.2) is 46.9 Å². The summed E-state index contributed by atoms with van der Waals surface area (Å²) < 4.78 is 15.0. The lowest BCUT2D eigenvalue weighted by molar-refractivity contribution is 0.548. The van der Waals surface area contributed by atoms with Gasteiger partial charge in [0.1, 0.15) is 5.82 Å². The fourth-order valence-electron chi connectivity index (χ4n) is 2.18. The maximum atomic E-state index is 13.3. The fraction of sp³-hybridized carbons (Fsp3) is 0.250. The van der Waals surface area contributed by atoms with Crippen molar-refractivity contribution in [3.05, 3.63) is 67.5 Å². The van der Waals surface area contributed by atoms with Gasteiger partial charge in [0.15, 0.2) is 0 Å². The van der Waals surface area contributed by atoms with Crippen molar-refractivity contribution in [1.82, 2.24) is 5.32 Å². The van der Waals surface area contributed by atoms with Crippen LogP contribution >= 0.6 is 38.5 Å². The summed E-state index contributed by atoms with van der Waals surface area (Å²) in [6.07, 6.45) is 0.840. The summed E-state index contributed by atoms with van der Waals surface area (Å²) in [7, 11) is 0. The highest BCUT2D eigenvalue weighted by atomic mass is 127. The minimum absolute atomic E-state index is 0.219. The Morgan fingerprint density at radius 2 is 2.05 bits per heavy atom. The Morgan fingerprint density at radius 3 is 2.70 bits per heavy atom. The van der Waals surface area contributed by atoms with Crippen molar-refractivity contribution < 1.29 is 4.39 Å². The van der Waals surface area contributed by atoms with Crippen LogP contribution < -0.4 is 5.32 Å². The lowest BCUT2D eigenvalue weighted by atomic mass is 9.99. The normalized spacial score (nSPS) is 12.4. The molecule has 0 bridgehead atoms. The molecule has 106 valence electrons. The highest BCUT2D eigenvalue weighted by molar-refractivity contribution is 14.1. The molecule has 4 heteroatoms. The van der Waals surface area contributed by atoms with Crippen molar-refractivity contribution in [3.8, 4) is 0 Å². The molecule has 1 atom stereocenters. The van der Waals surface area contributed by atoms with E-state index in [9.17, 15) is 4.39 Å². The van der Waals surface area contributed by atoms with Crippen molar-refractivity contribution in [1.29, 1.82) is 0 Å². The lowest BCUT2D eigenvalue weighted by Crippen LogP contribution is -2.23. The first-order chi connectivity index (χ1) is 9.60. The highest BCUT2D eigenvalue weighted by Crippen LogP contribution is 2.23. The molecule has 0 aliphatic carbocycles. The maximum absolute atomic E-state index is 13.3. The molecule has 0 saturated carbocycles. The largest absolute Gasteiger partial charge is 0.310 e. The van der Waals surface area contributed by atoms with Crippen LogP contribution in [-0.4, -0.2) is 6.54 Å². The predicted octanol–water partition coefficient (Wildman–Crippen LogP) is 5.09. The Hall–Kier alpha value is -0.460. The number of halogens is 3. The van der Waals surface area contributed by atoms with Gasteiger partial charge in [-0.1, -0.05) is 25.1 Å². The van der Waals surface area contributed by atoms with Crippen LogP contribution in [0.4, 0.5) is 4.39 Å². The van der Waals surface area contributed by atoms with Crippen molar-refractivity contribution >= 4 is 38.5 Å². The standard InChI is InChI=1S/C16H16BrFIN/c1-2-20-16(12-4-3-5-13(19)10-12)9-11-6-7-15(18)14(17)8-11/h3-8,10,16,20H,2,9H2,1H3. The summed E-state index contributed by atoms with van der Waals surface area (Å²) in [5.74, 6) is -0.219. The van der Waals surface area contributed by atoms with E-state index < -0.39 is 0 Å². The molecule has 0 aliphatic rings. The summed E-state index contributed by atoms with van der Waals surface area (Å²) in [6.45, 7) is 3.00. The molecule has 20 heavy (non-hydrogen) atoms. The quantitative estimate of drug-likeness (QED) is 0.629. The molecule has 0 heterocycles. The van der Waals surface area contributed by atoms with E-state index in [1.165, 1.54) is 15.2 Å². The van der Waals surface area contributed by atoms with Crippen LogP contribution in [0.3, 0.4) is 0 Å². The topological polar surface area (TPSA) is 12.0 Å². The van der Waals surface area contributed by atoms with E-state index in [0.29, 0.717) is 4.47 Å². The minimum atomic E-state index is -0.219. The zero-order valence-corrected chi connectivity index (χ0v) is 14.9. The molecule has 1 unspecified atom stereocenters. The maximum Gasteiger partial charge on any atom is 0.137 e. The van der Waals surface area contributed by atoms with Gasteiger partial charge in [-0.3, -0.25) is 0 Å². The molecule has 0 spiro atoms. The molecule has 0 saturated heterocycles. The number of rotatable bonds is 5. The second-order valence-corrected chi connectivity index (χ2v) is 6.72. The second-order valence-electron chi connectivity index (χ2n) is 4.62. The van der Waals surface area contributed by atoms with Crippen LogP contribution in [0.2, 0.25) is 0 Å². The van der Waals surface area contributed by atoms with Gasteiger partial charge in [-0.2, -0.15) is 0 Å². The van der Waals surface area contributed by atoms with E-state index in [-0.39, 0.29) is 11.9 Å². The van der Waals surface area contributed by atoms with Crippen LogP contribution in [0, 0.1) is 9.39 Å². The van der Waals surface area contributed by atoms with Crippen molar-refractivity contribution in [2.24, 2.45) is 0 Å². The molecule has 1 N–H and O–H groups in total. The summed E-state index contributed by atoms with van der Waals surface area (Å²) in [6, 6.07) is 13.9. The molecule has 1 nitrogen and oxygen atoms in total. The smallest absolute Gasteiger partial charge is 0.137 e. The third-order valence-corrected chi connectivity index (χ3v) is 4.40. The first kappa shape index (κ1) is 15.9. The molecule has 2 aromatic carbocycles. The second kappa shape index (κ2) is 7.52. The van der Waals surface area contributed by atoms with E-state index in [0.717, 1.165) is 18.5 Å². The summed E-state index contributed by atoms with van der Waals surface area (Å²) >= 11 is 5.57. The van der Waals surface area contributed by atoms with Crippen molar-refractivity contribution in [3.63, 3.8) is 0 Å². The number of benzene rings is 2. The Bertz CT molecular complexity index is 588. The van der Waals surface area contributed by atoms with Crippen LogP contribution in [0.5, 0.6) is 0 Å². The first-order valence-electron chi connectivity index (χ1n) is 6.53.